The van der Waals surface area contributed by atoms with Crippen molar-refractivity contribution >= 4 is 22.4 Å². The van der Waals surface area contributed by atoms with Crippen molar-refractivity contribution < 1.29 is 18.0 Å². The van der Waals surface area contributed by atoms with Gasteiger partial charge in [0.2, 0.25) is 16.0 Å². The van der Waals surface area contributed by atoms with Crippen LogP contribution in [0.25, 0.3) is 0 Å². The second kappa shape index (κ2) is 8.08. The number of piperazine rings is 1. The summed E-state index contributed by atoms with van der Waals surface area (Å²) in [5, 5.41) is 6.32. The van der Waals surface area contributed by atoms with Crippen LogP contribution in [0.3, 0.4) is 0 Å². The quantitative estimate of drug-likeness (QED) is 0.789. The molecule has 3 heterocycles. The zero-order valence-electron chi connectivity index (χ0n) is 14.8. The highest BCUT2D eigenvalue weighted by Crippen LogP contribution is 2.34. The van der Waals surface area contributed by atoms with E-state index < -0.39 is 11.2 Å². The van der Waals surface area contributed by atoms with E-state index >= 15 is 0 Å². The molecule has 0 spiro atoms. The Morgan fingerprint density at radius 1 is 1.19 bits per heavy atom. The summed E-state index contributed by atoms with van der Waals surface area (Å²) in [6.07, 6.45) is -1.67. The number of aromatic nitrogens is 2. The highest BCUT2D eigenvalue weighted by Gasteiger charge is 2.36. The minimum atomic E-state index is -4.44. The molecule has 3 rings (SSSR count). The van der Waals surface area contributed by atoms with Crippen LogP contribution in [-0.2, 0) is 11.0 Å². The maximum atomic E-state index is 12.6. The number of hydrogen-bond acceptors (Lipinski definition) is 6. The Labute approximate surface area is 155 Å². The molecule has 10 heteroatoms. The van der Waals surface area contributed by atoms with Gasteiger partial charge in [-0.2, -0.15) is 13.2 Å². The number of piperidine rings is 1. The van der Waals surface area contributed by atoms with Crippen LogP contribution in [0.2, 0.25) is 0 Å². The summed E-state index contributed by atoms with van der Waals surface area (Å²) in [5.41, 5.74) is 0. The molecule has 26 heavy (non-hydrogen) atoms. The summed E-state index contributed by atoms with van der Waals surface area (Å²) in [5.74, 6) is 0.780. The number of rotatable bonds is 4. The average molecular weight is 391 g/mol. The molecule has 146 valence electrons. The molecule has 6 nitrogen and oxygen atoms in total. The van der Waals surface area contributed by atoms with Gasteiger partial charge in [-0.05, 0) is 18.8 Å². The lowest BCUT2D eigenvalue weighted by Crippen LogP contribution is -2.48. The normalized spacial score (nSPS) is 22.7. The molecule has 2 fully saturated rings. The van der Waals surface area contributed by atoms with Gasteiger partial charge in [-0.25, -0.2) is 0 Å². The van der Waals surface area contributed by atoms with Crippen LogP contribution in [0, 0.1) is 5.92 Å². The van der Waals surface area contributed by atoms with Crippen molar-refractivity contribution in [2.45, 2.75) is 32.4 Å². The van der Waals surface area contributed by atoms with E-state index in [0.717, 1.165) is 19.5 Å². The van der Waals surface area contributed by atoms with E-state index in [9.17, 15) is 18.0 Å². The predicted octanol–water partition coefficient (Wildman–Crippen LogP) is 2.33. The fraction of sp³-hybridized carbons (Fsp3) is 0.812. The lowest BCUT2D eigenvalue weighted by Gasteiger charge is -2.35. The van der Waals surface area contributed by atoms with E-state index in [1.165, 1.54) is 6.42 Å². The largest absolute Gasteiger partial charge is 0.445 e. The first-order valence-electron chi connectivity index (χ1n) is 8.98. The molecule has 1 aromatic rings. The van der Waals surface area contributed by atoms with Crippen molar-refractivity contribution in [2.75, 3.05) is 50.7 Å². The third-order valence-electron chi connectivity index (χ3n) is 4.95. The first kappa shape index (κ1) is 19.3. The van der Waals surface area contributed by atoms with E-state index in [-0.39, 0.29) is 5.91 Å². The van der Waals surface area contributed by atoms with E-state index in [0.29, 0.717) is 61.5 Å². The monoisotopic (exact) mass is 391 g/mol. The van der Waals surface area contributed by atoms with Gasteiger partial charge in [-0.15, -0.1) is 10.2 Å². The van der Waals surface area contributed by atoms with Crippen molar-refractivity contribution in [2.24, 2.45) is 5.92 Å². The van der Waals surface area contributed by atoms with Crippen molar-refractivity contribution in [3.8, 4) is 0 Å². The second-order valence-electron chi connectivity index (χ2n) is 7.05. The zero-order chi connectivity index (χ0) is 18.7. The minimum absolute atomic E-state index is 0.206. The van der Waals surface area contributed by atoms with Crippen LogP contribution < -0.4 is 4.90 Å². The summed E-state index contributed by atoms with van der Waals surface area (Å²) in [7, 11) is 0. The number of alkyl halides is 3. The molecule has 0 aliphatic carbocycles. The van der Waals surface area contributed by atoms with Crippen LogP contribution in [0.1, 0.15) is 31.2 Å². The standard InChI is InChI=1S/C16H24F3N5OS/c1-12-3-2-5-24(11-12)13(25)4-6-22-7-9-23(10-8-22)15-21-20-14(26-15)16(17,18)19/h12H,2-11H2,1H3. The van der Waals surface area contributed by atoms with Crippen molar-refractivity contribution in [1.29, 1.82) is 0 Å². The Morgan fingerprint density at radius 2 is 1.92 bits per heavy atom. The van der Waals surface area contributed by atoms with Crippen molar-refractivity contribution in [3.05, 3.63) is 5.01 Å². The maximum absolute atomic E-state index is 12.6. The Balaban J connectivity index is 1.42. The number of likely N-dealkylation sites (tertiary alicyclic amines) is 1. The molecular formula is C16H24F3N5OS. The lowest BCUT2D eigenvalue weighted by molar-refractivity contribution is -0.138. The van der Waals surface area contributed by atoms with Gasteiger partial charge in [0.15, 0.2) is 0 Å². The van der Waals surface area contributed by atoms with Crippen LogP contribution in [-0.4, -0.2) is 71.7 Å². The van der Waals surface area contributed by atoms with Crippen molar-refractivity contribution in [1.82, 2.24) is 20.0 Å². The lowest BCUT2D eigenvalue weighted by atomic mass is 10.00. The van der Waals surface area contributed by atoms with Gasteiger partial charge in [0.25, 0.3) is 0 Å². The molecule has 1 aromatic heterocycles. The molecule has 0 radical (unpaired) electrons. The number of carbonyl (C=O) groups excluding carboxylic acids is 1. The number of halogens is 3. The van der Waals surface area contributed by atoms with E-state index in [1.54, 1.807) is 0 Å². The predicted molar refractivity (Wildman–Crippen MR) is 93.2 cm³/mol. The molecule has 1 unspecified atom stereocenters. The minimum Gasteiger partial charge on any atom is -0.344 e. The summed E-state index contributed by atoms with van der Waals surface area (Å²) in [4.78, 5) is 18.3. The van der Waals surface area contributed by atoms with Crippen LogP contribution in [0.15, 0.2) is 0 Å². The zero-order valence-corrected chi connectivity index (χ0v) is 15.7. The van der Waals surface area contributed by atoms with Gasteiger partial charge in [0.05, 0.1) is 0 Å². The van der Waals surface area contributed by atoms with Gasteiger partial charge in [0.1, 0.15) is 0 Å². The molecule has 2 aliphatic rings. The molecule has 0 bridgehead atoms. The summed E-state index contributed by atoms with van der Waals surface area (Å²) in [6, 6.07) is 0. The average Bonchev–Trinajstić information content (AvgIpc) is 3.10. The van der Waals surface area contributed by atoms with Crippen LogP contribution >= 0.6 is 11.3 Å². The molecule has 2 aliphatic heterocycles. The Bertz CT molecular complexity index is 615. The molecule has 0 aromatic carbocycles. The summed E-state index contributed by atoms with van der Waals surface area (Å²) in [6.45, 7) is 7.20. The Hall–Kier alpha value is -1.42. The van der Waals surface area contributed by atoms with Gasteiger partial charge < -0.3 is 9.80 Å². The van der Waals surface area contributed by atoms with E-state index in [4.69, 9.17) is 0 Å². The SMILES string of the molecule is CC1CCCN(C(=O)CCN2CCN(c3nnc(C(F)(F)F)s3)CC2)C1. The third-order valence-corrected chi connectivity index (χ3v) is 5.98. The van der Waals surface area contributed by atoms with E-state index in [2.05, 4.69) is 22.0 Å². The smallest absolute Gasteiger partial charge is 0.344 e. The number of carbonyl (C=O) groups is 1. The Kier molecular flexibility index (Phi) is 6.01. The fourth-order valence-corrected chi connectivity index (χ4v) is 4.21. The third kappa shape index (κ3) is 4.85. The van der Waals surface area contributed by atoms with Gasteiger partial charge in [-0.3, -0.25) is 9.69 Å². The van der Waals surface area contributed by atoms with Crippen LogP contribution in [0.4, 0.5) is 18.3 Å². The summed E-state index contributed by atoms with van der Waals surface area (Å²) < 4.78 is 37.9. The number of nitrogens with zero attached hydrogens (tertiary/aromatic N) is 5. The van der Waals surface area contributed by atoms with Gasteiger partial charge in [-0.1, -0.05) is 18.3 Å². The Morgan fingerprint density at radius 3 is 2.54 bits per heavy atom. The van der Waals surface area contributed by atoms with Crippen LogP contribution in [0.5, 0.6) is 0 Å². The van der Waals surface area contributed by atoms with Crippen molar-refractivity contribution in [3.63, 3.8) is 0 Å². The number of hydrogen-bond donors (Lipinski definition) is 0. The highest BCUT2D eigenvalue weighted by molar-refractivity contribution is 7.15. The fourth-order valence-electron chi connectivity index (χ4n) is 3.45. The summed E-state index contributed by atoms with van der Waals surface area (Å²) >= 11 is 0.584. The molecule has 0 saturated carbocycles. The van der Waals surface area contributed by atoms with Gasteiger partial charge in [0, 0.05) is 52.2 Å². The molecule has 1 atom stereocenters. The highest BCUT2D eigenvalue weighted by atomic mass is 32.1. The molecular weight excluding hydrogens is 367 g/mol. The number of amides is 1. The maximum Gasteiger partial charge on any atom is 0.445 e. The molecule has 0 N–H and O–H groups in total. The first-order valence-corrected chi connectivity index (χ1v) is 9.80. The number of anilines is 1. The topological polar surface area (TPSA) is 52.6 Å². The van der Waals surface area contributed by atoms with Gasteiger partial charge >= 0.3 is 6.18 Å². The first-order chi connectivity index (χ1) is 12.3. The van der Waals surface area contributed by atoms with E-state index in [1.807, 2.05) is 9.80 Å². The molecule has 1 amide bonds. The second-order valence-corrected chi connectivity index (χ2v) is 8.01. The molecule has 2 saturated heterocycles.